The minimum atomic E-state index is -1.30. The third-order valence-electron chi connectivity index (χ3n) is 11.8. The van der Waals surface area contributed by atoms with E-state index in [2.05, 4.69) is 0 Å². The molecule has 2 saturated carbocycles. The molecular weight excluding hydrogens is 528 g/mol. The van der Waals surface area contributed by atoms with Crippen molar-refractivity contribution in [3.05, 3.63) is 11.1 Å². The van der Waals surface area contributed by atoms with Gasteiger partial charge < -0.3 is 14.9 Å². The highest BCUT2D eigenvalue weighted by molar-refractivity contribution is 6.14. The highest BCUT2D eigenvalue weighted by Gasteiger charge is 2.74. The fourth-order valence-electron chi connectivity index (χ4n) is 9.26. The number of esters is 1. The average Bonchev–Trinajstić information content (AvgIpc) is 3.07. The van der Waals surface area contributed by atoms with Crippen LogP contribution in [-0.2, 0) is 33.5 Å². The van der Waals surface area contributed by atoms with Crippen LogP contribution in [0.3, 0.4) is 0 Å². The van der Waals surface area contributed by atoms with E-state index in [1.165, 1.54) is 13.8 Å². The second-order valence-corrected chi connectivity index (χ2v) is 14.4. The predicted octanol–water partition coefficient (Wildman–Crippen LogP) is 3.88. The molecule has 0 bridgehead atoms. The summed E-state index contributed by atoms with van der Waals surface area (Å²) in [5.41, 5.74) is -3.57. The minimum Gasteiger partial charge on any atom is -0.481 e. The van der Waals surface area contributed by atoms with Crippen molar-refractivity contribution in [3.63, 3.8) is 0 Å². The molecule has 41 heavy (non-hydrogen) atoms. The van der Waals surface area contributed by atoms with Gasteiger partial charge in [-0.3, -0.25) is 28.8 Å². The minimum absolute atomic E-state index is 0.0254. The first-order valence-electron chi connectivity index (χ1n) is 14.7. The van der Waals surface area contributed by atoms with Crippen LogP contribution in [0.2, 0.25) is 0 Å². The van der Waals surface area contributed by atoms with Crippen LogP contribution >= 0.6 is 0 Å². The number of ether oxygens (including phenoxy) is 1. The maximum absolute atomic E-state index is 14.6. The summed E-state index contributed by atoms with van der Waals surface area (Å²) in [5.74, 6) is -4.81. The summed E-state index contributed by atoms with van der Waals surface area (Å²) >= 11 is 0. The van der Waals surface area contributed by atoms with Crippen molar-refractivity contribution >= 4 is 35.1 Å². The Kier molecular flexibility index (Phi) is 7.59. The van der Waals surface area contributed by atoms with Crippen molar-refractivity contribution in [2.45, 2.75) is 106 Å². The lowest BCUT2D eigenvalue weighted by atomic mass is 9.42. The molecule has 226 valence electrons. The van der Waals surface area contributed by atoms with E-state index >= 15 is 0 Å². The van der Waals surface area contributed by atoms with Gasteiger partial charge in [-0.05, 0) is 30.6 Å². The molecule has 9 atom stereocenters. The summed E-state index contributed by atoms with van der Waals surface area (Å²) in [6, 6.07) is 0. The number of ketones is 4. The number of hydrogen-bond donors (Lipinski definition) is 2. The molecule has 0 aromatic rings. The van der Waals surface area contributed by atoms with Crippen molar-refractivity contribution in [2.75, 3.05) is 0 Å². The van der Waals surface area contributed by atoms with Crippen LogP contribution in [0.25, 0.3) is 0 Å². The normalized spacial score (nSPS) is 39.4. The molecule has 0 unspecified atom stereocenters. The topological polar surface area (TPSA) is 152 Å². The lowest BCUT2D eigenvalue weighted by Crippen LogP contribution is -2.65. The van der Waals surface area contributed by atoms with Gasteiger partial charge in [0.2, 0.25) is 5.78 Å². The second kappa shape index (κ2) is 9.96. The third-order valence-corrected chi connectivity index (χ3v) is 11.8. The van der Waals surface area contributed by atoms with E-state index in [-0.39, 0.29) is 60.6 Å². The number of carboxylic acid groups (broad SMARTS) is 1. The molecule has 0 spiro atoms. The van der Waals surface area contributed by atoms with Gasteiger partial charge in [0, 0.05) is 65.4 Å². The van der Waals surface area contributed by atoms with Crippen LogP contribution in [0.1, 0.15) is 93.9 Å². The summed E-state index contributed by atoms with van der Waals surface area (Å²) in [4.78, 5) is 78.3. The SMILES string of the molecule is CC(=O)O[C@@H]1C(=O)C2=C(C(=O)C[C@H]3C(C)(C)C(=O)CC[C@]23C)[C@]2(C)[C@H](O)C[C@H]([C@H](C)CC(=O)C[C@H](C)C(=O)O)[C@@]12C. The van der Waals surface area contributed by atoms with Crippen molar-refractivity contribution in [3.8, 4) is 0 Å². The summed E-state index contributed by atoms with van der Waals surface area (Å²) in [6.07, 6.45) is -1.60. The Labute approximate surface area is 241 Å². The Morgan fingerprint density at radius 1 is 1.00 bits per heavy atom. The molecule has 9 nitrogen and oxygen atoms in total. The van der Waals surface area contributed by atoms with Gasteiger partial charge in [0.05, 0.1) is 12.0 Å². The van der Waals surface area contributed by atoms with Crippen molar-refractivity contribution in [1.82, 2.24) is 0 Å². The number of aliphatic hydroxyl groups excluding tert-OH is 1. The fraction of sp³-hybridized carbons (Fsp3) is 0.750. The molecule has 0 radical (unpaired) electrons. The summed E-state index contributed by atoms with van der Waals surface area (Å²) in [5, 5.41) is 21.0. The molecule has 4 aliphatic rings. The standard InChI is InChI=1S/C32H44O9/c1-15(11-18(34)12-16(2)28(39)40)19-13-23(37)32(8)24-20(35)14-21-29(4,5)22(36)9-10-30(21,6)25(24)26(38)27(31(19,32)7)41-17(3)33/h15-16,19,21,23,27,37H,9-14H2,1-8H3,(H,39,40)/t15-,16+,19-,21+,23-,27-,30+,31+,32+/m1/s1. The number of carboxylic acids is 1. The quantitative estimate of drug-likeness (QED) is 0.433. The molecular formula is C32H44O9. The zero-order chi connectivity index (χ0) is 31.0. The first kappa shape index (κ1) is 31.3. The van der Waals surface area contributed by atoms with E-state index in [0.717, 1.165) is 0 Å². The van der Waals surface area contributed by atoms with Crippen LogP contribution in [0.15, 0.2) is 11.1 Å². The number of fused-ring (bicyclic) bond motifs is 4. The maximum Gasteiger partial charge on any atom is 0.306 e. The first-order chi connectivity index (χ1) is 18.8. The van der Waals surface area contributed by atoms with Crippen LogP contribution in [0.5, 0.6) is 0 Å². The molecule has 4 aliphatic carbocycles. The molecule has 0 aromatic heterocycles. The van der Waals surface area contributed by atoms with E-state index in [9.17, 15) is 39.0 Å². The summed E-state index contributed by atoms with van der Waals surface area (Å²) in [7, 11) is 0. The Morgan fingerprint density at radius 3 is 2.17 bits per heavy atom. The van der Waals surface area contributed by atoms with Crippen LogP contribution in [-0.4, -0.2) is 57.5 Å². The first-order valence-corrected chi connectivity index (χ1v) is 14.7. The van der Waals surface area contributed by atoms with Crippen molar-refractivity contribution < 1.29 is 43.7 Å². The third kappa shape index (κ3) is 4.28. The van der Waals surface area contributed by atoms with Crippen LogP contribution in [0, 0.1) is 45.3 Å². The van der Waals surface area contributed by atoms with E-state index < -0.39 is 75.3 Å². The molecule has 2 N–H and O–H groups in total. The van der Waals surface area contributed by atoms with Gasteiger partial charge in [-0.2, -0.15) is 0 Å². The summed E-state index contributed by atoms with van der Waals surface area (Å²) in [6.45, 7) is 13.6. The van der Waals surface area contributed by atoms with Gasteiger partial charge in [-0.25, -0.2) is 0 Å². The molecule has 2 fully saturated rings. The number of carbonyl (C=O) groups is 6. The molecule has 0 heterocycles. The number of hydrogen-bond acceptors (Lipinski definition) is 8. The Bertz CT molecular complexity index is 1260. The molecule has 0 saturated heterocycles. The van der Waals surface area contributed by atoms with Gasteiger partial charge >= 0.3 is 11.9 Å². The van der Waals surface area contributed by atoms with Gasteiger partial charge in [0.1, 0.15) is 11.6 Å². The Morgan fingerprint density at radius 2 is 1.61 bits per heavy atom. The Hall–Kier alpha value is -2.68. The number of Topliss-reactive ketones (excluding diaryl/α,β-unsaturated/α-hetero) is 4. The zero-order valence-corrected chi connectivity index (χ0v) is 25.5. The smallest absolute Gasteiger partial charge is 0.306 e. The number of aliphatic carboxylic acids is 1. The number of rotatable bonds is 7. The van der Waals surface area contributed by atoms with E-state index in [4.69, 9.17) is 4.74 Å². The maximum atomic E-state index is 14.6. The Balaban J connectivity index is 1.88. The van der Waals surface area contributed by atoms with E-state index in [1.54, 1.807) is 13.8 Å². The molecule has 9 heteroatoms. The van der Waals surface area contributed by atoms with Crippen LogP contribution < -0.4 is 0 Å². The van der Waals surface area contributed by atoms with Crippen molar-refractivity contribution in [1.29, 1.82) is 0 Å². The predicted molar refractivity (Wildman–Crippen MR) is 147 cm³/mol. The van der Waals surface area contributed by atoms with E-state index in [1.807, 2.05) is 27.7 Å². The molecule has 0 amide bonds. The highest BCUT2D eigenvalue weighted by Crippen LogP contribution is 2.71. The largest absolute Gasteiger partial charge is 0.481 e. The fourth-order valence-corrected chi connectivity index (χ4v) is 9.26. The van der Waals surface area contributed by atoms with E-state index in [0.29, 0.717) is 6.42 Å². The van der Waals surface area contributed by atoms with Gasteiger partial charge in [-0.1, -0.05) is 48.5 Å². The number of carbonyl (C=O) groups excluding carboxylic acids is 5. The van der Waals surface area contributed by atoms with Gasteiger partial charge in [-0.15, -0.1) is 0 Å². The lowest BCUT2D eigenvalue weighted by Gasteiger charge is -2.60. The lowest BCUT2D eigenvalue weighted by molar-refractivity contribution is -0.177. The monoisotopic (exact) mass is 572 g/mol. The summed E-state index contributed by atoms with van der Waals surface area (Å²) < 4.78 is 5.82. The average molecular weight is 573 g/mol. The highest BCUT2D eigenvalue weighted by atomic mass is 16.5. The van der Waals surface area contributed by atoms with Crippen molar-refractivity contribution in [2.24, 2.45) is 45.3 Å². The second-order valence-electron chi connectivity index (χ2n) is 14.4. The van der Waals surface area contributed by atoms with Gasteiger partial charge in [0.25, 0.3) is 0 Å². The molecule has 0 aliphatic heterocycles. The van der Waals surface area contributed by atoms with Crippen LogP contribution in [0.4, 0.5) is 0 Å². The van der Waals surface area contributed by atoms with Gasteiger partial charge in [0.15, 0.2) is 11.9 Å². The molecule has 4 rings (SSSR count). The number of aliphatic hydroxyl groups is 1. The zero-order valence-electron chi connectivity index (χ0n) is 25.5. The molecule has 0 aromatic carbocycles.